The quantitative estimate of drug-likeness (QED) is 0.691. The van der Waals surface area contributed by atoms with E-state index in [1.807, 2.05) is 5.38 Å². The van der Waals surface area contributed by atoms with E-state index >= 15 is 0 Å². The van der Waals surface area contributed by atoms with E-state index in [2.05, 4.69) is 32.4 Å². The normalized spacial score (nSPS) is 13.6. The van der Waals surface area contributed by atoms with Gasteiger partial charge in [-0.3, -0.25) is 0 Å². The molecular formula is C5H7BrN2S. The van der Waals surface area contributed by atoms with Crippen LogP contribution in [0.2, 0.25) is 0 Å². The third-order valence-electron chi connectivity index (χ3n) is 0.896. The van der Waals surface area contributed by atoms with Gasteiger partial charge in [-0.05, 0) is 11.5 Å². The zero-order chi connectivity index (χ0) is 6.69. The lowest BCUT2D eigenvalue weighted by molar-refractivity contribution is 0.897. The molecule has 1 unspecified atom stereocenters. The summed E-state index contributed by atoms with van der Waals surface area (Å²) < 4.78 is 3.75. The Balaban J connectivity index is 2.48. The highest BCUT2D eigenvalue weighted by atomic mass is 79.9. The number of halogens is 1. The first kappa shape index (κ1) is 7.15. The average Bonchev–Trinajstić information content (AvgIpc) is 2.15. The molecule has 1 atom stereocenters. The molecule has 1 rings (SSSR count). The molecular weight excluding hydrogens is 200 g/mol. The fraction of sp³-hybridized carbons (Fsp3) is 0.600. The van der Waals surface area contributed by atoms with Crippen LogP contribution < -0.4 is 0 Å². The van der Waals surface area contributed by atoms with Gasteiger partial charge in [0.15, 0.2) is 0 Å². The molecule has 1 aromatic heterocycles. The first-order valence-electron chi connectivity index (χ1n) is 2.69. The van der Waals surface area contributed by atoms with Gasteiger partial charge >= 0.3 is 0 Å². The van der Waals surface area contributed by atoms with E-state index in [9.17, 15) is 0 Å². The summed E-state index contributed by atoms with van der Waals surface area (Å²) in [6.07, 6.45) is 0.969. The van der Waals surface area contributed by atoms with E-state index in [4.69, 9.17) is 0 Å². The first-order chi connectivity index (χ1) is 4.29. The molecule has 0 aliphatic carbocycles. The van der Waals surface area contributed by atoms with Crippen LogP contribution >= 0.6 is 27.5 Å². The van der Waals surface area contributed by atoms with Gasteiger partial charge in [-0.1, -0.05) is 27.3 Å². The second kappa shape index (κ2) is 3.27. The summed E-state index contributed by atoms with van der Waals surface area (Å²) in [6.45, 7) is 2.10. The molecule has 0 amide bonds. The summed E-state index contributed by atoms with van der Waals surface area (Å²) >= 11 is 4.83. The van der Waals surface area contributed by atoms with Crippen LogP contribution in [0.3, 0.4) is 0 Å². The minimum absolute atomic E-state index is 0.501. The Hall–Kier alpha value is 0.0400. The van der Waals surface area contributed by atoms with Crippen LogP contribution in [0.5, 0.6) is 0 Å². The summed E-state index contributed by atoms with van der Waals surface area (Å²) in [6, 6.07) is 0. The maximum atomic E-state index is 3.89. The second-order valence-corrected chi connectivity index (χ2v) is 4.05. The third-order valence-corrected chi connectivity index (χ3v) is 1.77. The van der Waals surface area contributed by atoms with E-state index < -0.39 is 0 Å². The van der Waals surface area contributed by atoms with Crippen molar-refractivity contribution in [1.29, 1.82) is 0 Å². The fourth-order valence-corrected chi connectivity index (χ4v) is 1.36. The zero-order valence-electron chi connectivity index (χ0n) is 5.04. The molecule has 0 saturated carbocycles. The van der Waals surface area contributed by atoms with Gasteiger partial charge in [-0.2, -0.15) is 0 Å². The van der Waals surface area contributed by atoms with Gasteiger partial charge in [-0.25, -0.2) is 0 Å². The van der Waals surface area contributed by atoms with Gasteiger partial charge in [-0.15, -0.1) is 5.10 Å². The number of aromatic nitrogens is 2. The average molecular weight is 207 g/mol. The Morgan fingerprint density at radius 2 is 2.67 bits per heavy atom. The molecule has 0 fully saturated rings. The van der Waals surface area contributed by atoms with Crippen LogP contribution in [0, 0.1) is 0 Å². The van der Waals surface area contributed by atoms with Crippen molar-refractivity contribution in [3.05, 3.63) is 11.1 Å². The van der Waals surface area contributed by atoms with Gasteiger partial charge in [0.25, 0.3) is 0 Å². The van der Waals surface area contributed by atoms with E-state index in [0.29, 0.717) is 4.83 Å². The molecule has 0 spiro atoms. The summed E-state index contributed by atoms with van der Waals surface area (Å²) in [5.74, 6) is 0. The van der Waals surface area contributed by atoms with Crippen molar-refractivity contribution in [3.8, 4) is 0 Å². The van der Waals surface area contributed by atoms with E-state index in [1.165, 1.54) is 11.5 Å². The second-order valence-electron chi connectivity index (χ2n) is 1.88. The Morgan fingerprint density at radius 1 is 1.89 bits per heavy atom. The van der Waals surface area contributed by atoms with Gasteiger partial charge in [0.1, 0.15) is 0 Å². The van der Waals surface area contributed by atoms with Crippen LogP contribution in [0.25, 0.3) is 0 Å². The molecule has 0 radical (unpaired) electrons. The molecule has 1 heterocycles. The van der Waals surface area contributed by atoms with E-state index in [-0.39, 0.29) is 0 Å². The Kier molecular flexibility index (Phi) is 2.60. The number of hydrogen-bond donors (Lipinski definition) is 0. The highest BCUT2D eigenvalue weighted by molar-refractivity contribution is 9.09. The summed E-state index contributed by atoms with van der Waals surface area (Å²) in [7, 11) is 0. The Labute approximate surface area is 66.6 Å². The monoisotopic (exact) mass is 206 g/mol. The molecule has 0 aliphatic rings. The smallest absolute Gasteiger partial charge is 0.0766 e. The van der Waals surface area contributed by atoms with Gasteiger partial charge < -0.3 is 0 Å². The molecule has 9 heavy (non-hydrogen) atoms. The maximum Gasteiger partial charge on any atom is 0.0766 e. The van der Waals surface area contributed by atoms with Gasteiger partial charge in [0, 0.05) is 16.6 Å². The molecule has 0 saturated heterocycles. The van der Waals surface area contributed by atoms with Gasteiger partial charge in [0.05, 0.1) is 5.69 Å². The lowest BCUT2D eigenvalue weighted by atomic mass is 10.3. The lowest BCUT2D eigenvalue weighted by Crippen LogP contribution is -1.95. The molecule has 1 aromatic rings. The predicted molar refractivity (Wildman–Crippen MR) is 42.0 cm³/mol. The first-order valence-corrected chi connectivity index (χ1v) is 4.44. The molecule has 0 bridgehead atoms. The van der Waals surface area contributed by atoms with Crippen molar-refractivity contribution in [2.45, 2.75) is 18.2 Å². The third kappa shape index (κ3) is 2.41. The topological polar surface area (TPSA) is 25.8 Å². The summed E-state index contributed by atoms with van der Waals surface area (Å²) in [5.41, 5.74) is 1.07. The number of nitrogens with zero attached hydrogens (tertiary/aromatic N) is 2. The van der Waals surface area contributed by atoms with Crippen LogP contribution in [0.1, 0.15) is 12.6 Å². The number of hydrogen-bond acceptors (Lipinski definition) is 3. The fourth-order valence-electron chi connectivity index (χ4n) is 0.561. The Morgan fingerprint density at radius 3 is 3.11 bits per heavy atom. The van der Waals surface area contributed by atoms with E-state index in [0.717, 1.165) is 12.1 Å². The number of rotatable bonds is 2. The van der Waals surface area contributed by atoms with E-state index in [1.54, 1.807) is 0 Å². The summed E-state index contributed by atoms with van der Waals surface area (Å²) in [4.78, 5) is 0.501. The molecule has 50 valence electrons. The molecule has 0 N–H and O–H groups in total. The van der Waals surface area contributed by atoms with Gasteiger partial charge in [0.2, 0.25) is 0 Å². The number of alkyl halides is 1. The standard InChI is InChI=1S/C5H7BrN2S/c1-4(6)2-5-3-9-8-7-5/h3-4H,2H2,1H3. The van der Waals surface area contributed by atoms with Crippen molar-refractivity contribution in [1.82, 2.24) is 9.59 Å². The van der Waals surface area contributed by atoms with Crippen LogP contribution in [-0.4, -0.2) is 14.4 Å². The highest BCUT2D eigenvalue weighted by Crippen LogP contribution is 2.06. The van der Waals surface area contributed by atoms with Crippen molar-refractivity contribution >= 4 is 27.5 Å². The summed E-state index contributed by atoms with van der Waals surface area (Å²) in [5, 5.41) is 5.86. The minimum Gasteiger partial charge on any atom is -0.143 e. The largest absolute Gasteiger partial charge is 0.143 e. The maximum absolute atomic E-state index is 3.89. The molecule has 0 aliphatic heterocycles. The predicted octanol–water partition coefficient (Wildman–Crippen LogP) is 1.86. The zero-order valence-corrected chi connectivity index (χ0v) is 7.44. The molecule has 2 nitrogen and oxygen atoms in total. The van der Waals surface area contributed by atoms with Crippen LogP contribution in [0.4, 0.5) is 0 Å². The highest BCUT2D eigenvalue weighted by Gasteiger charge is 1.99. The van der Waals surface area contributed by atoms with Crippen LogP contribution in [0.15, 0.2) is 5.38 Å². The minimum atomic E-state index is 0.501. The molecule has 4 heteroatoms. The van der Waals surface area contributed by atoms with Crippen molar-refractivity contribution in [2.24, 2.45) is 0 Å². The van der Waals surface area contributed by atoms with Crippen LogP contribution in [-0.2, 0) is 6.42 Å². The van der Waals surface area contributed by atoms with Crippen molar-refractivity contribution < 1.29 is 0 Å². The van der Waals surface area contributed by atoms with Crippen molar-refractivity contribution in [3.63, 3.8) is 0 Å². The SMILES string of the molecule is CC(Br)Cc1csnn1. The van der Waals surface area contributed by atoms with Crippen molar-refractivity contribution in [2.75, 3.05) is 0 Å². The lowest BCUT2D eigenvalue weighted by Gasteiger charge is -1.94. The Bertz CT molecular complexity index is 161. The molecule has 0 aromatic carbocycles.